The van der Waals surface area contributed by atoms with Crippen LogP contribution < -0.4 is 10.2 Å². The van der Waals surface area contributed by atoms with Crippen molar-refractivity contribution in [1.82, 2.24) is 10.2 Å². The quantitative estimate of drug-likeness (QED) is 0.859. The van der Waals surface area contributed by atoms with Crippen molar-refractivity contribution in [2.75, 3.05) is 38.6 Å². The Kier molecular flexibility index (Phi) is 5.13. The third-order valence-corrected chi connectivity index (χ3v) is 3.70. The summed E-state index contributed by atoms with van der Waals surface area (Å²) in [7, 11) is 3.37. The van der Waals surface area contributed by atoms with E-state index in [-0.39, 0.29) is 24.7 Å². The molecule has 0 spiro atoms. The Morgan fingerprint density at radius 2 is 2.09 bits per heavy atom. The molecule has 128 valence electrons. The Balaban J connectivity index is 1.94. The van der Waals surface area contributed by atoms with Gasteiger partial charge in [0.2, 0.25) is 0 Å². The zero-order valence-electron chi connectivity index (χ0n) is 13.0. The number of nitrogens with zero attached hydrogens (tertiary/aromatic N) is 2. The molecule has 1 atom stereocenters. The largest absolute Gasteiger partial charge is 0.401 e. The topological polar surface area (TPSA) is 35.6 Å². The van der Waals surface area contributed by atoms with E-state index >= 15 is 0 Å². The first kappa shape index (κ1) is 17.5. The third kappa shape index (κ3) is 4.82. The fraction of sp³-hybridized carbons (Fsp3) is 0.533. The van der Waals surface area contributed by atoms with Crippen molar-refractivity contribution in [2.24, 2.45) is 0 Å². The van der Waals surface area contributed by atoms with E-state index in [0.29, 0.717) is 12.1 Å². The molecule has 0 radical (unpaired) electrons. The smallest absolute Gasteiger partial charge is 0.375 e. The van der Waals surface area contributed by atoms with Gasteiger partial charge in [-0.15, -0.1) is 0 Å². The lowest BCUT2D eigenvalue weighted by Crippen LogP contribution is -2.39. The van der Waals surface area contributed by atoms with E-state index in [1.165, 1.54) is 17.0 Å². The number of halogens is 4. The van der Waals surface area contributed by atoms with Gasteiger partial charge in [-0.2, -0.15) is 13.2 Å². The van der Waals surface area contributed by atoms with Crippen molar-refractivity contribution in [1.29, 1.82) is 0 Å². The molecule has 1 heterocycles. The summed E-state index contributed by atoms with van der Waals surface area (Å²) in [5.74, 6) is -0.999. The molecule has 1 fully saturated rings. The molecular formula is C15H19F4N3O. The van der Waals surface area contributed by atoms with Crippen molar-refractivity contribution in [2.45, 2.75) is 18.6 Å². The Morgan fingerprint density at radius 3 is 2.65 bits per heavy atom. The number of carbonyl (C=O) groups is 1. The van der Waals surface area contributed by atoms with Gasteiger partial charge in [0.1, 0.15) is 5.82 Å². The number of alkyl halides is 3. The molecule has 1 aromatic rings. The lowest BCUT2D eigenvalue weighted by Gasteiger charge is -2.18. The summed E-state index contributed by atoms with van der Waals surface area (Å²) in [4.78, 5) is 14.9. The number of amides is 1. The second-order valence-electron chi connectivity index (χ2n) is 5.87. The predicted molar refractivity (Wildman–Crippen MR) is 79.1 cm³/mol. The Labute approximate surface area is 132 Å². The molecule has 23 heavy (non-hydrogen) atoms. The Bertz CT molecular complexity index is 574. The first-order chi connectivity index (χ1) is 10.7. The van der Waals surface area contributed by atoms with Gasteiger partial charge in [-0.3, -0.25) is 9.69 Å². The van der Waals surface area contributed by atoms with Gasteiger partial charge >= 0.3 is 6.18 Å². The molecule has 2 rings (SSSR count). The van der Waals surface area contributed by atoms with Gasteiger partial charge in [0.05, 0.1) is 12.2 Å². The minimum atomic E-state index is -4.25. The van der Waals surface area contributed by atoms with Gasteiger partial charge in [-0.25, -0.2) is 4.39 Å². The lowest BCUT2D eigenvalue weighted by molar-refractivity contribution is -0.143. The summed E-state index contributed by atoms with van der Waals surface area (Å²) < 4.78 is 50.9. The highest BCUT2D eigenvalue weighted by Crippen LogP contribution is 2.21. The van der Waals surface area contributed by atoms with E-state index in [9.17, 15) is 22.4 Å². The van der Waals surface area contributed by atoms with Gasteiger partial charge in [0.15, 0.2) is 0 Å². The highest BCUT2D eigenvalue weighted by atomic mass is 19.4. The fourth-order valence-corrected chi connectivity index (χ4v) is 2.63. The molecule has 1 aromatic carbocycles. The third-order valence-electron chi connectivity index (χ3n) is 3.70. The lowest BCUT2D eigenvalue weighted by atomic mass is 10.1. The van der Waals surface area contributed by atoms with Gasteiger partial charge < -0.3 is 10.2 Å². The monoisotopic (exact) mass is 333 g/mol. The van der Waals surface area contributed by atoms with E-state index in [4.69, 9.17) is 0 Å². The standard InChI is InChI=1S/C15H19F4N3O/c1-21(2)13-4-3-10(7-12(13)16)14(23)20-11-5-6-22(8-11)9-15(17,18)19/h3-4,7,11H,5-6,8-9H2,1-2H3,(H,20,23). The summed E-state index contributed by atoms with van der Waals surface area (Å²) >= 11 is 0. The van der Waals surface area contributed by atoms with Crippen LogP contribution >= 0.6 is 0 Å². The molecule has 1 N–H and O–H groups in total. The van der Waals surface area contributed by atoms with Crippen LogP contribution in [0.4, 0.5) is 23.2 Å². The molecule has 8 heteroatoms. The second-order valence-corrected chi connectivity index (χ2v) is 5.87. The highest BCUT2D eigenvalue weighted by Gasteiger charge is 2.34. The minimum Gasteiger partial charge on any atom is -0.375 e. The first-order valence-electron chi connectivity index (χ1n) is 7.22. The zero-order chi connectivity index (χ0) is 17.2. The second kappa shape index (κ2) is 6.74. The normalized spacial score (nSPS) is 19.0. The average Bonchev–Trinajstić information content (AvgIpc) is 2.82. The van der Waals surface area contributed by atoms with Gasteiger partial charge in [-0.05, 0) is 24.6 Å². The van der Waals surface area contributed by atoms with Crippen molar-refractivity contribution in [3.8, 4) is 0 Å². The maximum absolute atomic E-state index is 13.9. The van der Waals surface area contributed by atoms with Crippen LogP contribution in [0.25, 0.3) is 0 Å². The maximum Gasteiger partial charge on any atom is 0.401 e. The van der Waals surface area contributed by atoms with Crippen LogP contribution in [0, 0.1) is 5.82 Å². The van der Waals surface area contributed by atoms with E-state index in [2.05, 4.69) is 5.32 Å². The molecule has 0 bridgehead atoms. The number of hydrogen-bond donors (Lipinski definition) is 1. The van der Waals surface area contributed by atoms with Gasteiger partial charge in [-0.1, -0.05) is 0 Å². The SMILES string of the molecule is CN(C)c1ccc(C(=O)NC2CCN(CC(F)(F)F)C2)cc1F. The highest BCUT2D eigenvalue weighted by molar-refractivity contribution is 5.94. The van der Waals surface area contributed by atoms with Crippen LogP contribution in [0.1, 0.15) is 16.8 Å². The molecule has 1 saturated heterocycles. The number of anilines is 1. The Morgan fingerprint density at radius 1 is 1.39 bits per heavy atom. The van der Waals surface area contributed by atoms with Gasteiger partial charge in [0, 0.05) is 38.8 Å². The fourth-order valence-electron chi connectivity index (χ4n) is 2.63. The summed E-state index contributed by atoms with van der Waals surface area (Å²) in [6.45, 7) is -0.562. The molecular weight excluding hydrogens is 314 g/mol. The van der Waals surface area contributed by atoms with E-state index in [0.717, 1.165) is 6.07 Å². The van der Waals surface area contributed by atoms with Gasteiger partial charge in [0.25, 0.3) is 5.91 Å². The number of likely N-dealkylation sites (tertiary alicyclic amines) is 1. The molecule has 0 aliphatic carbocycles. The molecule has 0 saturated carbocycles. The van der Waals surface area contributed by atoms with Crippen molar-refractivity contribution in [3.63, 3.8) is 0 Å². The van der Waals surface area contributed by atoms with Crippen LogP contribution in [0.15, 0.2) is 18.2 Å². The van der Waals surface area contributed by atoms with Crippen LogP contribution in [0.2, 0.25) is 0 Å². The van der Waals surface area contributed by atoms with Crippen LogP contribution in [0.5, 0.6) is 0 Å². The zero-order valence-corrected chi connectivity index (χ0v) is 13.0. The molecule has 1 aliphatic heterocycles. The van der Waals surface area contributed by atoms with Crippen molar-refractivity contribution >= 4 is 11.6 Å². The molecule has 1 aliphatic rings. The van der Waals surface area contributed by atoms with Crippen LogP contribution in [-0.2, 0) is 0 Å². The predicted octanol–water partition coefficient (Wildman–Crippen LogP) is 2.26. The van der Waals surface area contributed by atoms with E-state index in [1.807, 2.05) is 0 Å². The van der Waals surface area contributed by atoms with E-state index < -0.39 is 24.4 Å². The summed E-state index contributed by atoms with van der Waals surface area (Å²) in [6, 6.07) is 3.76. The molecule has 0 aromatic heterocycles. The molecule has 4 nitrogen and oxygen atoms in total. The first-order valence-corrected chi connectivity index (χ1v) is 7.22. The Hall–Kier alpha value is -1.83. The number of hydrogen-bond acceptors (Lipinski definition) is 3. The van der Waals surface area contributed by atoms with Crippen LogP contribution in [0.3, 0.4) is 0 Å². The van der Waals surface area contributed by atoms with Crippen LogP contribution in [-0.4, -0.2) is 56.8 Å². The van der Waals surface area contributed by atoms with Crippen molar-refractivity contribution < 1.29 is 22.4 Å². The molecule has 1 unspecified atom stereocenters. The summed E-state index contributed by atoms with van der Waals surface area (Å²) in [5.41, 5.74) is 0.515. The van der Waals surface area contributed by atoms with Crippen molar-refractivity contribution in [3.05, 3.63) is 29.6 Å². The average molecular weight is 333 g/mol. The number of rotatable bonds is 4. The molecule has 1 amide bonds. The minimum absolute atomic E-state index is 0.142. The maximum atomic E-state index is 13.9. The summed E-state index contributed by atoms with van der Waals surface area (Å²) in [5, 5.41) is 2.66. The van der Waals surface area contributed by atoms with E-state index in [1.54, 1.807) is 19.0 Å². The number of nitrogens with one attached hydrogen (secondary N) is 1. The summed E-state index contributed by atoms with van der Waals surface area (Å²) in [6.07, 6.45) is -3.80. The number of carbonyl (C=O) groups excluding carboxylic acids is 1. The number of benzene rings is 1.